The summed E-state index contributed by atoms with van der Waals surface area (Å²) in [5.41, 5.74) is 2.54. The molecule has 0 radical (unpaired) electrons. The molecule has 0 atom stereocenters. The Kier molecular flexibility index (Phi) is 4.19. The Bertz CT molecular complexity index is 533. The number of anilines is 1. The van der Waals surface area contributed by atoms with Gasteiger partial charge in [-0.1, -0.05) is 41.9 Å². The first-order valence-electron chi connectivity index (χ1n) is 6.94. The van der Waals surface area contributed by atoms with Crippen molar-refractivity contribution >= 4 is 17.3 Å². The topological polar surface area (TPSA) is 19.4 Å². The SMILES string of the molecule is Clc1ccc(N2CCN(Cc3ccccc3)CC2)cn1. The third-order valence-corrected chi connectivity index (χ3v) is 3.92. The molecule has 20 heavy (non-hydrogen) atoms. The lowest BCUT2D eigenvalue weighted by atomic mass is 10.2. The van der Waals surface area contributed by atoms with Crippen molar-refractivity contribution in [1.82, 2.24) is 9.88 Å². The molecule has 1 aromatic heterocycles. The molecule has 0 N–H and O–H groups in total. The van der Waals surface area contributed by atoms with Gasteiger partial charge in [-0.05, 0) is 17.7 Å². The molecule has 0 spiro atoms. The normalized spacial score (nSPS) is 16.4. The van der Waals surface area contributed by atoms with Crippen molar-refractivity contribution < 1.29 is 0 Å². The van der Waals surface area contributed by atoms with E-state index >= 15 is 0 Å². The molecule has 2 aromatic rings. The molecule has 1 aromatic carbocycles. The Morgan fingerprint density at radius 2 is 1.70 bits per heavy atom. The van der Waals surface area contributed by atoms with Crippen molar-refractivity contribution in [3.8, 4) is 0 Å². The minimum Gasteiger partial charge on any atom is -0.368 e. The number of pyridine rings is 1. The summed E-state index contributed by atoms with van der Waals surface area (Å²) in [6, 6.07) is 14.5. The van der Waals surface area contributed by atoms with E-state index in [9.17, 15) is 0 Å². The predicted octanol–water partition coefficient (Wildman–Crippen LogP) is 3.06. The molecular formula is C16H18ClN3. The summed E-state index contributed by atoms with van der Waals surface area (Å²) in [5, 5.41) is 0.552. The quantitative estimate of drug-likeness (QED) is 0.809. The molecule has 0 unspecified atom stereocenters. The van der Waals surface area contributed by atoms with Gasteiger partial charge >= 0.3 is 0 Å². The first-order chi connectivity index (χ1) is 9.81. The number of hydrogen-bond acceptors (Lipinski definition) is 3. The number of aromatic nitrogens is 1. The van der Waals surface area contributed by atoms with E-state index in [4.69, 9.17) is 11.6 Å². The molecule has 0 aliphatic carbocycles. The van der Waals surface area contributed by atoms with Gasteiger partial charge in [0.2, 0.25) is 0 Å². The van der Waals surface area contributed by atoms with Gasteiger partial charge < -0.3 is 4.90 Å². The van der Waals surface area contributed by atoms with E-state index in [1.807, 2.05) is 18.3 Å². The van der Waals surface area contributed by atoms with Crippen LogP contribution in [-0.2, 0) is 6.54 Å². The summed E-state index contributed by atoms with van der Waals surface area (Å²) in [6.45, 7) is 5.27. The van der Waals surface area contributed by atoms with Gasteiger partial charge in [0.05, 0.1) is 11.9 Å². The van der Waals surface area contributed by atoms with E-state index in [0.29, 0.717) is 5.15 Å². The maximum Gasteiger partial charge on any atom is 0.129 e. The summed E-state index contributed by atoms with van der Waals surface area (Å²) < 4.78 is 0. The number of hydrogen-bond donors (Lipinski definition) is 0. The average molecular weight is 288 g/mol. The van der Waals surface area contributed by atoms with Crippen molar-refractivity contribution in [3.63, 3.8) is 0 Å². The van der Waals surface area contributed by atoms with Gasteiger partial charge in [0.1, 0.15) is 5.15 Å². The monoisotopic (exact) mass is 287 g/mol. The highest BCUT2D eigenvalue weighted by molar-refractivity contribution is 6.29. The largest absolute Gasteiger partial charge is 0.368 e. The van der Waals surface area contributed by atoms with E-state index in [-0.39, 0.29) is 0 Å². The minimum atomic E-state index is 0.552. The van der Waals surface area contributed by atoms with Crippen LogP contribution in [0.2, 0.25) is 5.15 Å². The van der Waals surface area contributed by atoms with Gasteiger partial charge in [-0.3, -0.25) is 4.90 Å². The van der Waals surface area contributed by atoms with Crippen LogP contribution in [0.3, 0.4) is 0 Å². The summed E-state index contributed by atoms with van der Waals surface area (Å²) in [5.74, 6) is 0. The molecule has 1 fully saturated rings. The molecule has 0 bridgehead atoms. The average Bonchev–Trinajstić information content (AvgIpc) is 2.50. The van der Waals surface area contributed by atoms with Crippen LogP contribution in [0.15, 0.2) is 48.7 Å². The molecule has 3 nitrogen and oxygen atoms in total. The fourth-order valence-electron chi connectivity index (χ4n) is 2.56. The second-order valence-electron chi connectivity index (χ2n) is 5.09. The molecule has 1 aliphatic rings. The second kappa shape index (κ2) is 6.25. The maximum atomic E-state index is 5.83. The van der Waals surface area contributed by atoms with Gasteiger partial charge in [0.25, 0.3) is 0 Å². The fourth-order valence-corrected chi connectivity index (χ4v) is 2.67. The lowest BCUT2D eigenvalue weighted by Crippen LogP contribution is -2.46. The van der Waals surface area contributed by atoms with Gasteiger partial charge in [0.15, 0.2) is 0 Å². The first-order valence-corrected chi connectivity index (χ1v) is 7.32. The Hall–Kier alpha value is -1.58. The molecule has 104 valence electrons. The number of rotatable bonds is 3. The van der Waals surface area contributed by atoms with Crippen molar-refractivity contribution in [1.29, 1.82) is 0 Å². The van der Waals surface area contributed by atoms with Crippen molar-refractivity contribution in [2.45, 2.75) is 6.54 Å². The van der Waals surface area contributed by atoms with Gasteiger partial charge in [-0.15, -0.1) is 0 Å². The van der Waals surface area contributed by atoms with E-state index in [1.54, 1.807) is 0 Å². The van der Waals surface area contributed by atoms with Crippen molar-refractivity contribution in [2.75, 3.05) is 31.1 Å². The molecule has 0 amide bonds. The smallest absolute Gasteiger partial charge is 0.129 e. The third kappa shape index (κ3) is 3.30. The van der Waals surface area contributed by atoms with Crippen LogP contribution >= 0.6 is 11.6 Å². The molecule has 2 heterocycles. The van der Waals surface area contributed by atoms with Gasteiger partial charge in [0, 0.05) is 32.7 Å². The number of halogens is 1. The Morgan fingerprint density at radius 3 is 2.35 bits per heavy atom. The summed E-state index contributed by atoms with van der Waals surface area (Å²) >= 11 is 5.83. The number of nitrogens with zero attached hydrogens (tertiary/aromatic N) is 3. The minimum absolute atomic E-state index is 0.552. The van der Waals surface area contributed by atoms with Crippen molar-refractivity contribution in [3.05, 3.63) is 59.4 Å². The van der Waals surface area contributed by atoms with Gasteiger partial charge in [-0.25, -0.2) is 4.98 Å². The second-order valence-corrected chi connectivity index (χ2v) is 5.48. The maximum absolute atomic E-state index is 5.83. The molecule has 4 heteroatoms. The third-order valence-electron chi connectivity index (χ3n) is 3.70. The van der Waals surface area contributed by atoms with Crippen LogP contribution in [0.5, 0.6) is 0 Å². The number of piperazine rings is 1. The van der Waals surface area contributed by atoms with Crippen LogP contribution in [0.25, 0.3) is 0 Å². The van der Waals surface area contributed by atoms with Crippen LogP contribution in [0.1, 0.15) is 5.56 Å². The molecule has 1 aliphatic heterocycles. The predicted molar refractivity (Wildman–Crippen MR) is 83.2 cm³/mol. The molecule has 3 rings (SSSR count). The highest BCUT2D eigenvalue weighted by atomic mass is 35.5. The zero-order chi connectivity index (χ0) is 13.8. The van der Waals surface area contributed by atoms with E-state index in [0.717, 1.165) is 38.4 Å². The zero-order valence-corrected chi connectivity index (χ0v) is 12.1. The van der Waals surface area contributed by atoms with Crippen LogP contribution in [-0.4, -0.2) is 36.1 Å². The molecule has 0 saturated carbocycles. The summed E-state index contributed by atoms with van der Waals surface area (Å²) in [7, 11) is 0. The fraction of sp³-hybridized carbons (Fsp3) is 0.312. The van der Waals surface area contributed by atoms with E-state index in [1.165, 1.54) is 5.56 Å². The molecule has 1 saturated heterocycles. The Balaban J connectivity index is 1.55. The lowest BCUT2D eigenvalue weighted by molar-refractivity contribution is 0.250. The Labute approximate surface area is 124 Å². The van der Waals surface area contributed by atoms with E-state index < -0.39 is 0 Å². The first kappa shape index (κ1) is 13.4. The standard InChI is InChI=1S/C16H18ClN3/c17-16-7-6-15(12-18-16)20-10-8-19(9-11-20)13-14-4-2-1-3-5-14/h1-7,12H,8-11,13H2. The lowest BCUT2D eigenvalue weighted by Gasteiger charge is -2.36. The Morgan fingerprint density at radius 1 is 0.950 bits per heavy atom. The number of benzene rings is 1. The zero-order valence-electron chi connectivity index (χ0n) is 11.4. The molecular weight excluding hydrogens is 270 g/mol. The van der Waals surface area contributed by atoms with Crippen LogP contribution in [0.4, 0.5) is 5.69 Å². The van der Waals surface area contributed by atoms with Crippen molar-refractivity contribution in [2.24, 2.45) is 0 Å². The van der Waals surface area contributed by atoms with Gasteiger partial charge in [-0.2, -0.15) is 0 Å². The van der Waals surface area contributed by atoms with Crippen LogP contribution < -0.4 is 4.90 Å². The summed E-state index contributed by atoms with van der Waals surface area (Å²) in [4.78, 5) is 9.01. The van der Waals surface area contributed by atoms with E-state index in [2.05, 4.69) is 45.1 Å². The highest BCUT2D eigenvalue weighted by Gasteiger charge is 2.17. The highest BCUT2D eigenvalue weighted by Crippen LogP contribution is 2.18. The summed E-state index contributed by atoms with van der Waals surface area (Å²) in [6.07, 6.45) is 1.86. The van der Waals surface area contributed by atoms with Crippen LogP contribution in [0, 0.1) is 0 Å².